The van der Waals surface area contributed by atoms with Crippen LogP contribution in [0.5, 0.6) is 0 Å². The first-order chi connectivity index (χ1) is 6.61. The molecule has 0 bridgehead atoms. The van der Waals surface area contributed by atoms with Crippen molar-refractivity contribution in [3.63, 3.8) is 0 Å². The molecule has 0 aliphatic carbocycles. The number of aromatic nitrogens is 2. The van der Waals surface area contributed by atoms with Crippen molar-refractivity contribution in [2.24, 2.45) is 5.92 Å². The van der Waals surface area contributed by atoms with Gasteiger partial charge in [0.25, 0.3) is 0 Å². The van der Waals surface area contributed by atoms with E-state index in [2.05, 4.69) is 42.6 Å². The standard InChI is InChI=1S/C10H19N3S/c1-7(2)5-11-6-9-10(8(3)4)12-13-14-9/h7-8,11H,5-6H2,1-4H3. The molecule has 14 heavy (non-hydrogen) atoms. The normalized spacial score (nSPS) is 11.6. The molecule has 0 spiro atoms. The number of nitrogens with one attached hydrogen (secondary N) is 1. The molecule has 0 amide bonds. The minimum atomic E-state index is 0.476. The van der Waals surface area contributed by atoms with Crippen LogP contribution in [-0.2, 0) is 6.54 Å². The Balaban J connectivity index is 2.46. The molecule has 80 valence electrons. The minimum absolute atomic E-state index is 0.476. The van der Waals surface area contributed by atoms with Gasteiger partial charge in [-0.15, -0.1) is 5.10 Å². The van der Waals surface area contributed by atoms with Gasteiger partial charge >= 0.3 is 0 Å². The largest absolute Gasteiger partial charge is 0.311 e. The van der Waals surface area contributed by atoms with E-state index < -0.39 is 0 Å². The predicted molar refractivity (Wildman–Crippen MR) is 60.5 cm³/mol. The van der Waals surface area contributed by atoms with E-state index in [-0.39, 0.29) is 0 Å². The van der Waals surface area contributed by atoms with E-state index in [0.29, 0.717) is 11.8 Å². The van der Waals surface area contributed by atoms with Gasteiger partial charge in [0.2, 0.25) is 0 Å². The summed E-state index contributed by atoms with van der Waals surface area (Å²) in [5, 5.41) is 7.55. The molecule has 3 nitrogen and oxygen atoms in total. The van der Waals surface area contributed by atoms with Gasteiger partial charge in [0.1, 0.15) is 0 Å². The van der Waals surface area contributed by atoms with Gasteiger partial charge in [0, 0.05) is 6.54 Å². The molecule has 0 radical (unpaired) electrons. The summed E-state index contributed by atoms with van der Waals surface area (Å²) in [5.41, 5.74) is 1.14. The lowest BCUT2D eigenvalue weighted by Gasteiger charge is -2.07. The molecule has 0 aromatic carbocycles. The highest BCUT2D eigenvalue weighted by Crippen LogP contribution is 2.19. The second-order valence-corrected chi connectivity index (χ2v) is 5.10. The number of nitrogens with zero attached hydrogens (tertiary/aromatic N) is 2. The SMILES string of the molecule is CC(C)CNCc1snnc1C(C)C. The van der Waals surface area contributed by atoms with E-state index in [0.717, 1.165) is 18.8 Å². The lowest BCUT2D eigenvalue weighted by atomic mass is 10.1. The molecule has 0 saturated heterocycles. The number of rotatable bonds is 5. The maximum Gasteiger partial charge on any atom is 0.0826 e. The van der Waals surface area contributed by atoms with Crippen LogP contribution in [0.4, 0.5) is 0 Å². The number of hydrogen-bond donors (Lipinski definition) is 1. The zero-order valence-corrected chi connectivity index (χ0v) is 10.2. The maximum atomic E-state index is 4.14. The summed E-state index contributed by atoms with van der Waals surface area (Å²) in [7, 11) is 0. The van der Waals surface area contributed by atoms with Crippen molar-refractivity contribution in [2.75, 3.05) is 6.54 Å². The minimum Gasteiger partial charge on any atom is -0.311 e. The van der Waals surface area contributed by atoms with Crippen LogP contribution in [0.3, 0.4) is 0 Å². The van der Waals surface area contributed by atoms with Gasteiger partial charge < -0.3 is 5.32 Å². The van der Waals surface area contributed by atoms with Crippen LogP contribution < -0.4 is 5.32 Å². The lowest BCUT2D eigenvalue weighted by Crippen LogP contribution is -2.19. The van der Waals surface area contributed by atoms with Crippen molar-refractivity contribution in [1.82, 2.24) is 14.9 Å². The van der Waals surface area contributed by atoms with E-state index in [1.54, 1.807) is 0 Å². The summed E-state index contributed by atoms with van der Waals surface area (Å²) >= 11 is 1.51. The Labute approximate surface area is 90.1 Å². The van der Waals surface area contributed by atoms with Gasteiger partial charge in [-0.1, -0.05) is 32.2 Å². The summed E-state index contributed by atoms with van der Waals surface area (Å²) < 4.78 is 3.99. The molecular formula is C10H19N3S. The van der Waals surface area contributed by atoms with Crippen LogP contribution in [0.2, 0.25) is 0 Å². The fourth-order valence-corrected chi connectivity index (χ4v) is 2.01. The molecule has 0 unspecified atom stereocenters. The molecule has 1 heterocycles. The zero-order valence-electron chi connectivity index (χ0n) is 9.37. The Bertz CT molecular complexity index is 268. The van der Waals surface area contributed by atoms with Crippen LogP contribution in [-0.4, -0.2) is 16.1 Å². The Morgan fingerprint density at radius 3 is 2.57 bits per heavy atom. The highest BCUT2D eigenvalue weighted by Gasteiger charge is 2.10. The van der Waals surface area contributed by atoms with Crippen LogP contribution in [0.25, 0.3) is 0 Å². The van der Waals surface area contributed by atoms with Crippen molar-refractivity contribution < 1.29 is 0 Å². The van der Waals surface area contributed by atoms with Crippen molar-refractivity contribution in [1.29, 1.82) is 0 Å². The van der Waals surface area contributed by atoms with Crippen molar-refractivity contribution in [3.8, 4) is 0 Å². The van der Waals surface area contributed by atoms with Gasteiger partial charge in [-0.25, -0.2) is 0 Å². The maximum absolute atomic E-state index is 4.14. The molecule has 0 aliphatic heterocycles. The van der Waals surface area contributed by atoms with E-state index in [9.17, 15) is 0 Å². The van der Waals surface area contributed by atoms with Gasteiger partial charge in [-0.2, -0.15) is 0 Å². The summed E-state index contributed by atoms with van der Waals surface area (Å²) in [4.78, 5) is 1.28. The van der Waals surface area contributed by atoms with Crippen molar-refractivity contribution >= 4 is 11.5 Å². The van der Waals surface area contributed by atoms with Gasteiger partial charge in [0.05, 0.1) is 10.6 Å². The zero-order chi connectivity index (χ0) is 10.6. The van der Waals surface area contributed by atoms with E-state index in [4.69, 9.17) is 0 Å². The number of hydrogen-bond acceptors (Lipinski definition) is 4. The summed E-state index contributed by atoms with van der Waals surface area (Å²) in [6, 6.07) is 0. The lowest BCUT2D eigenvalue weighted by molar-refractivity contribution is 0.552. The van der Waals surface area contributed by atoms with Gasteiger partial charge in [-0.3, -0.25) is 0 Å². The summed E-state index contributed by atoms with van der Waals surface area (Å²) in [6.07, 6.45) is 0. The fraction of sp³-hybridized carbons (Fsp3) is 0.800. The third kappa shape index (κ3) is 3.35. The monoisotopic (exact) mass is 213 g/mol. The molecule has 0 fully saturated rings. The van der Waals surface area contributed by atoms with Crippen LogP contribution in [0, 0.1) is 5.92 Å². The predicted octanol–water partition coefficient (Wildman–Crippen LogP) is 2.41. The molecule has 1 aromatic heterocycles. The Morgan fingerprint density at radius 1 is 1.29 bits per heavy atom. The highest BCUT2D eigenvalue weighted by atomic mass is 32.1. The smallest absolute Gasteiger partial charge is 0.0826 e. The molecule has 4 heteroatoms. The Hall–Kier alpha value is -0.480. The molecule has 0 atom stereocenters. The second kappa shape index (κ2) is 5.41. The fourth-order valence-electron chi connectivity index (χ4n) is 1.25. The highest BCUT2D eigenvalue weighted by molar-refractivity contribution is 7.05. The summed E-state index contributed by atoms with van der Waals surface area (Å²) in [6.45, 7) is 10.7. The van der Waals surface area contributed by atoms with Gasteiger partial charge in [0.15, 0.2) is 0 Å². The third-order valence-electron chi connectivity index (χ3n) is 1.97. The van der Waals surface area contributed by atoms with Gasteiger partial charge in [-0.05, 0) is 29.9 Å². The average molecular weight is 213 g/mol. The van der Waals surface area contributed by atoms with E-state index in [1.807, 2.05) is 0 Å². The first-order valence-electron chi connectivity index (χ1n) is 5.13. The molecule has 0 saturated carbocycles. The molecule has 0 aliphatic rings. The first kappa shape index (κ1) is 11.6. The molecule has 1 N–H and O–H groups in total. The molecule has 1 rings (SSSR count). The second-order valence-electron chi connectivity index (χ2n) is 4.26. The molecular weight excluding hydrogens is 194 g/mol. The first-order valence-corrected chi connectivity index (χ1v) is 5.90. The Morgan fingerprint density at radius 2 is 2.00 bits per heavy atom. The topological polar surface area (TPSA) is 37.8 Å². The van der Waals surface area contributed by atoms with Crippen molar-refractivity contribution in [2.45, 2.75) is 40.2 Å². The average Bonchev–Trinajstić information content (AvgIpc) is 2.51. The van der Waals surface area contributed by atoms with E-state index in [1.165, 1.54) is 16.4 Å². The van der Waals surface area contributed by atoms with E-state index >= 15 is 0 Å². The summed E-state index contributed by atoms with van der Waals surface area (Å²) in [5.74, 6) is 1.17. The van der Waals surface area contributed by atoms with Crippen LogP contribution in [0.1, 0.15) is 44.2 Å². The molecule has 1 aromatic rings. The van der Waals surface area contributed by atoms with Crippen molar-refractivity contribution in [3.05, 3.63) is 10.6 Å². The van der Waals surface area contributed by atoms with Crippen LogP contribution >= 0.6 is 11.5 Å². The third-order valence-corrected chi connectivity index (χ3v) is 2.71. The Kier molecular flexibility index (Phi) is 4.48. The quantitative estimate of drug-likeness (QED) is 0.816. The van der Waals surface area contributed by atoms with Crippen LogP contribution in [0.15, 0.2) is 0 Å².